The summed E-state index contributed by atoms with van der Waals surface area (Å²) in [7, 11) is 0. The normalized spacial score (nSPS) is 13.7. The Kier molecular flexibility index (Phi) is 14.8. The summed E-state index contributed by atoms with van der Waals surface area (Å²) in [4.78, 5) is 64.9. The maximum absolute atomic E-state index is 13.4. The summed E-state index contributed by atoms with van der Waals surface area (Å²) in [6.07, 6.45) is 14.5. The molecule has 1 heterocycles. The van der Waals surface area contributed by atoms with E-state index in [4.69, 9.17) is 16.3 Å². The van der Waals surface area contributed by atoms with Gasteiger partial charge in [-0.1, -0.05) is 131 Å². The number of Topliss-reactive ketones (excluding diaryl/α,β-unsaturated/α-hetero) is 1. The molecule has 0 aliphatic carbocycles. The Morgan fingerprint density at radius 3 is 2.05 bits per heavy atom. The van der Waals surface area contributed by atoms with Crippen LogP contribution in [0.1, 0.15) is 105 Å². The molecule has 232 valence electrons. The van der Waals surface area contributed by atoms with Crippen LogP contribution in [0, 0.1) is 0 Å². The van der Waals surface area contributed by atoms with Gasteiger partial charge in [0, 0.05) is 5.56 Å². The molecular formula is C33H41ClN2O6S. The summed E-state index contributed by atoms with van der Waals surface area (Å²) in [5.41, 5.74) is 0.402. The lowest BCUT2D eigenvalue weighted by Crippen LogP contribution is -2.51. The topological polar surface area (TPSA) is 110 Å². The minimum absolute atomic E-state index is 0.0593. The lowest BCUT2D eigenvalue weighted by Gasteiger charge is -2.24. The Hall–Kier alpha value is -3.17. The van der Waals surface area contributed by atoms with Crippen LogP contribution in [0.15, 0.2) is 48.5 Å². The van der Waals surface area contributed by atoms with E-state index in [1.807, 2.05) is 0 Å². The Morgan fingerprint density at radius 2 is 1.47 bits per heavy atom. The van der Waals surface area contributed by atoms with Gasteiger partial charge in [-0.05, 0) is 24.6 Å². The molecule has 0 radical (unpaired) electrons. The first-order valence-electron chi connectivity index (χ1n) is 15.2. The van der Waals surface area contributed by atoms with E-state index in [1.54, 1.807) is 18.2 Å². The number of nitrogens with zero attached hydrogens (tertiary/aromatic N) is 1. The number of amides is 3. The van der Waals surface area contributed by atoms with Gasteiger partial charge in [-0.2, -0.15) is 0 Å². The first kappa shape index (κ1) is 34.3. The van der Waals surface area contributed by atoms with Gasteiger partial charge < -0.3 is 10.1 Å². The third kappa shape index (κ3) is 10.8. The van der Waals surface area contributed by atoms with Crippen LogP contribution in [0.25, 0.3) is 0 Å². The molecule has 1 aliphatic rings. The van der Waals surface area contributed by atoms with Crippen LogP contribution in [0.5, 0.6) is 0 Å². The fraction of sp³-hybridized carbons (Fsp3) is 0.485. The van der Waals surface area contributed by atoms with E-state index in [9.17, 15) is 24.0 Å². The predicted octanol–water partition coefficient (Wildman–Crippen LogP) is 8.08. The summed E-state index contributed by atoms with van der Waals surface area (Å²) in [6, 6.07) is 10.5. The van der Waals surface area contributed by atoms with Crippen LogP contribution in [0.3, 0.4) is 0 Å². The van der Waals surface area contributed by atoms with Gasteiger partial charge in [-0.3, -0.25) is 24.1 Å². The standard InChI is InChI=1S/C33H41ClN2O6S/c1-2-3-4-5-6-7-8-9-10-11-12-16-21-42-32(40)25-19-20-26(34)27(22-25)35-31(39)29(36-28(37)23-43-33(36)41)30(38)24-17-14-13-15-18-24/h13-15,17-20,22,29H,2-12,16,21,23H2,1H3,(H,35,39). The number of anilines is 1. The highest BCUT2D eigenvalue weighted by Gasteiger charge is 2.44. The molecule has 1 fully saturated rings. The van der Waals surface area contributed by atoms with Crippen molar-refractivity contribution in [2.45, 2.75) is 90.0 Å². The molecule has 1 unspecified atom stereocenters. The van der Waals surface area contributed by atoms with Gasteiger partial charge in [-0.15, -0.1) is 0 Å². The van der Waals surface area contributed by atoms with Crippen LogP contribution >= 0.6 is 23.4 Å². The van der Waals surface area contributed by atoms with Gasteiger partial charge in [0.05, 0.1) is 28.6 Å². The zero-order valence-corrected chi connectivity index (χ0v) is 26.4. The van der Waals surface area contributed by atoms with E-state index in [2.05, 4.69) is 12.2 Å². The molecular weight excluding hydrogens is 588 g/mol. The molecule has 1 saturated heterocycles. The van der Waals surface area contributed by atoms with Crippen LogP contribution in [0.4, 0.5) is 10.5 Å². The zero-order chi connectivity index (χ0) is 31.0. The monoisotopic (exact) mass is 628 g/mol. The van der Waals surface area contributed by atoms with E-state index in [0.29, 0.717) is 4.90 Å². The number of ketones is 1. The number of esters is 1. The van der Waals surface area contributed by atoms with Crippen molar-refractivity contribution in [3.8, 4) is 0 Å². The van der Waals surface area contributed by atoms with Crippen LogP contribution in [-0.2, 0) is 14.3 Å². The number of carbonyl (C=O) groups excluding carboxylic acids is 5. The number of carbonyl (C=O) groups is 5. The number of imide groups is 1. The zero-order valence-electron chi connectivity index (χ0n) is 24.8. The number of hydrogen-bond donors (Lipinski definition) is 1. The van der Waals surface area contributed by atoms with E-state index in [-0.39, 0.29) is 34.2 Å². The van der Waals surface area contributed by atoms with Crippen molar-refractivity contribution >= 4 is 57.9 Å². The van der Waals surface area contributed by atoms with E-state index in [1.165, 1.54) is 88.1 Å². The summed E-state index contributed by atoms with van der Waals surface area (Å²) in [5.74, 6) is -2.99. The van der Waals surface area contributed by atoms with Gasteiger partial charge in [0.15, 0.2) is 11.8 Å². The SMILES string of the molecule is CCCCCCCCCCCCCCOC(=O)c1ccc(Cl)c(NC(=O)C(C(=O)c2ccccc2)N2C(=O)CSC2=O)c1. The number of thioether (sulfide) groups is 1. The van der Waals surface area contributed by atoms with E-state index in [0.717, 1.165) is 31.0 Å². The highest BCUT2D eigenvalue weighted by Crippen LogP contribution is 2.27. The molecule has 1 aliphatic heterocycles. The molecule has 10 heteroatoms. The predicted molar refractivity (Wildman–Crippen MR) is 171 cm³/mol. The minimum Gasteiger partial charge on any atom is -0.462 e. The molecule has 0 aromatic heterocycles. The van der Waals surface area contributed by atoms with Gasteiger partial charge in [0.25, 0.3) is 11.1 Å². The number of nitrogens with one attached hydrogen (secondary N) is 1. The molecule has 2 aromatic carbocycles. The molecule has 8 nitrogen and oxygen atoms in total. The first-order valence-corrected chi connectivity index (χ1v) is 16.6. The van der Waals surface area contributed by atoms with Crippen molar-refractivity contribution in [3.05, 3.63) is 64.7 Å². The van der Waals surface area contributed by atoms with Crippen molar-refractivity contribution < 1.29 is 28.7 Å². The van der Waals surface area contributed by atoms with Crippen LogP contribution in [0.2, 0.25) is 5.02 Å². The average molecular weight is 629 g/mol. The lowest BCUT2D eigenvalue weighted by molar-refractivity contribution is -0.130. The van der Waals surface area contributed by atoms with Crippen molar-refractivity contribution in [2.24, 2.45) is 0 Å². The maximum Gasteiger partial charge on any atom is 0.338 e. The Labute approximate surface area is 263 Å². The number of rotatable bonds is 19. The molecule has 3 amide bonds. The molecule has 0 spiro atoms. The molecule has 3 rings (SSSR count). The van der Waals surface area contributed by atoms with Crippen LogP contribution in [-0.4, -0.2) is 52.1 Å². The second-order valence-electron chi connectivity index (χ2n) is 10.7. The van der Waals surface area contributed by atoms with Gasteiger partial charge in [0.2, 0.25) is 5.91 Å². The van der Waals surface area contributed by atoms with E-state index < -0.39 is 34.8 Å². The summed E-state index contributed by atoms with van der Waals surface area (Å²) in [5, 5.41) is 1.97. The fourth-order valence-electron chi connectivity index (χ4n) is 4.87. The van der Waals surface area contributed by atoms with Gasteiger partial charge in [0.1, 0.15) is 0 Å². The van der Waals surface area contributed by atoms with Crippen molar-refractivity contribution in [1.82, 2.24) is 4.90 Å². The Balaban J connectivity index is 1.50. The quantitative estimate of drug-likeness (QED) is 0.0724. The van der Waals surface area contributed by atoms with Gasteiger partial charge >= 0.3 is 5.97 Å². The minimum atomic E-state index is -1.73. The van der Waals surface area contributed by atoms with Gasteiger partial charge in [-0.25, -0.2) is 4.79 Å². The third-order valence-corrected chi connectivity index (χ3v) is 8.45. The molecule has 0 saturated carbocycles. The smallest absolute Gasteiger partial charge is 0.338 e. The van der Waals surface area contributed by atoms with Crippen molar-refractivity contribution in [3.63, 3.8) is 0 Å². The number of ether oxygens (including phenoxy) is 1. The third-order valence-electron chi connectivity index (χ3n) is 7.29. The summed E-state index contributed by atoms with van der Waals surface area (Å²) >= 11 is 7.02. The Morgan fingerprint density at radius 1 is 0.860 bits per heavy atom. The lowest BCUT2D eigenvalue weighted by atomic mass is 10.0. The molecule has 1 N–H and O–H groups in total. The summed E-state index contributed by atoms with van der Waals surface area (Å²) < 4.78 is 5.42. The molecule has 43 heavy (non-hydrogen) atoms. The second kappa shape index (κ2) is 18.5. The highest BCUT2D eigenvalue weighted by atomic mass is 35.5. The van der Waals surface area contributed by atoms with Crippen LogP contribution < -0.4 is 5.32 Å². The summed E-state index contributed by atoms with van der Waals surface area (Å²) in [6.45, 7) is 2.52. The van der Waals surface area contributed by atoms with Crippen molar-refractivity contribution in [1.29, 1.82) is 0 Å². The molecule has 1 atom stereocenters. The maximum atomic E-state index is 13.4. The largest absolute Gasteiger partial charge is 0.462 e. The molecule has 2 aromatic rings. The van der Waals surface area contributed by atoms with Crippen molar-refractivity contribution in [2.75, 3.05) is 17.7 Å². The number of halogens is 1. The number of hydrogen-bond acceptors (Lipinski definition) is 7. The number of benzene rings is 2. The fourth-order valence-corrected chi connectivity index (χ4v) is 5.77. The highest BCUT2D eigenvalue weighted by molar-refractivity contribution is 8.14. The first-order chi connectivity index (χ1) is 20.8. The molecule has 0 bridgehead atoms. The Bertz CT molecular complexity index is 1240. The average Bonchev–Trinajstić information content (AvgIpc) is 3.34. The second-order valence-corrected chi connectivity index (χ2v) is 12.0. The number of unbranched alkanes of at least 4 members (excludes halogenated alkanes) is 11. The van der Waals surface area contributed by atoms with E-state index >= 15 is 0 Å².